The van der Waals surface area contributed by atoms with Crippen LogP contribution < -0.4 is 16.0 Å². The largest absolute Gasteiger partial charge is 0.382 e. The molecule has 0 spiro atoms. The van der Waals surface area contributed by atoms with Crippen molar-refractivity contribution < 1.29 is 4.79 Å². The van der Waals surface area contributed by atoms with Crippen molar-refractivity contribution >= 4 is 28.3 Å². The number of nitrogens with two attached hydrogens (primary N) is 1. The Morgan fingerprint density at radius 2 is 2.29 bits per heavy atom. The molecule has 5 nitrogen and oxygen atoms in total. The van der Waals surface area contributed by atoms with Gasteiger partial charge in [-0.1, -0.05) is 6.92 Å². The first-order valence-corrected chi connectivity index (χ1v) is 6.55. The molecule has 1 aliphatic heterocycles. The van der Waals surface area contributed by atoms with E-state index in [0.29, 0.717) is 23.3 Å². The maximum atomic E-state index is 11.8. The minimum Gasteiger partial charge on any atom is -0.382 e. The summed E-state index contributed by atoms with van der Waals surface area (Å²) < 4.78 is 4.11. The van der Waals surface area contributed by atoms with Crippen molar-refractivity contribution in [3.8, 4) is 0 Å². The third-order valence-electron chi connectivity index (χ3n) is 3.20. The average Bonchev–Trinajstić information content (AvgIpc) is 2.80. The monoisotopic (exact) mass is 254 g/mol. The molecule has 0 radical (unpaired) electrons. The fraction of sp³-hybridized carbons (Fsp3) is 0.636. The molecule has 94 valence electrons. The van der Waals surface area contributed by atoms with Crippen molar-refractivity contribution in [2.45, 2.75) is 26.3 Å². The summed E-state index contributed by atoms with van der Waals surface area (Å²) in [6, 6.07) is 0.438. The molecule has 2 atom stereocenters. The summed E-state index contributed by atoms with van der Waals surface area (Å²) in [5.41, 5.74) is 6.30. The van der Waals surface area contributed by atoms with Crippen LogP contribution in [-0.4, -0.2) is 29.9 Å². The summed E-state index contributed by atoms with van der Waals surface area (Å²) in [6.07, 6.45) is 1.14. The first kappa shape index (κ1) is 12.2. The second kappa shape index (κ2) is 4.52. The minimum absolute atomic E-state index is 0.155. The zero-order valence-corrected chi connectivity index (χ0v) is 11.2. The predicted molar refractivity (Wildman–Crippen MR) is 70.5 cm³/mol. The van der Waals surface area contributed by atoms with Crippen molar-refractivity contribution in [1.82, 2.24) is 9.69 Å². The number of hydrogen-bond acceptors (Lipinski definition) is 5. The van der Waals surface area contributed by atoms with E-state index in [1.54, 1.807) is 7.05 Å². The third-order valence-corrected chi connectivity index (χ3v) is 4.10. The van der Waals surface area contributed by atoms with E-state index in [9.17, 15) is 4.79 Å². The summed E-state index contributed by atoms with van der Waals surface area (Å²) >= 11 is 1.31. The van der Waals surface area contributed by atoms with E-state index < -0.39 is 0 Å². The normalized spacial score (nSPS) is 24.1. The zero-order chi connectivity index (χ0) is 12.6. The molecule has 1 saturated heterocycles. The van der Waals surface area contributed by atoms with Gasteiger partial charge >= 0.3 is 0 Å². The number of anilines is 2. The van der Waals surface area contributed by atoms with Gasteiger partial charge in [0.1, 0.15) is 10.6 Å². The number of carbonyl (C=O) groups is 1. The van der Waals surface area contributed by atoms with Crippen LogP contribution in [0.15, 0.2) is 0 Å². The Morgan fingerprint density at radius 1 is 1.59 bits per heavy atom. The molecule has 3 N–H and O–H groups in total. The molecule has 17 heavy (non-hydrogen) atoms. The lowest BCUT2D eigenvalue weighted by atomic mass is 10.1. The van der Waals surface area contributed by atoms with E-state index in [2.05, 4.69) is 28.4 Å². The molecule has 0 aromatic carbocycles. The van der Waals surface area contributed by atoms with Gasteiger partial charge in [0.2, 0.25) is 0 Å². The molecule has 1 aliphatic rings. The summed E-state index contributed by atoms with van der Waals surface area (Å²) in [7, 11) is 1.61. The highest BCUT2D eigenvalue weighted by Gasteiger charge is 2.31. The molecule has 2 rings (SSSR count). The van der Waals surface area contributed by atoms with Crippen LogP contribution in [0.2, 0.25) is 0 Å². The minimum atomic E-state index is -0.155. The second-order valence-corrected chi connectivity index (χ2v) is 5.42. The van der Waals surface area contributed by atoms with E-state index in [4.69, 9.17) is 5.73 Å². The zero-order valence-electron chi connectivity index (χ0n) is 10.4. The lowest BCUT2D eigenvalue weighted by molar-refractivity contribution is 0.0964. The van der Waals surface area contributed by atoms with Gasteiger partial charge in [-0.3, -0.25) is 4.79 Å². The summed E-state index contributed by atoms with van der Waals surface area (Å²) in [4.78, 5) is 14.0. The number of nitrogens with one attached hydrogen (secondary N) is 1. The van der Waals surface area contributed by atoms with Crippen molar-refractivity contribution in [3.05, 3.63) is 5.56 Å². The van der Waals surface area contributed by atoms with Crippen LogP contribution in [-0.2, 0) is 0 Å². The highest BCUT2D eigenvalue weighted by atomic mass is 32.1. The van der Waals surface area contributed by atoms with Gasteiger partial charge in [-0.05, 0) is 30.8 Å². The highest BCUT2D eigenvalue weighted by Crippen LogP contribution is 2.36. The Kier molecular flexibility index (Phi) is 3.24. The van der Waals surface area contributed by atoms with Crippen molar-refractivity contribution in [1.29, 1.82) is 0 Å². The molecule has 2 unspecified atom stereocenters. The quantitative estimate of drug-likeness (QED) is 0.835. The van der Waals surface area contributed by atoms with Crippen molar-refractivity contribution in [3.63, 3.8) is 0 Å². The summed E-state index contributed by atoms with van der Waals surface area (Å²) in [5, 5.41) is 3.52. The molecule has 6 heteroatoms. The van der Waals surface area contributed by atoms with E-state index in [0.717, 1.165) is 18.0 Å². The SMILES string of the molecule is CNC(=O)c1c(N)nsc1N1CC(C)CC1C. The smallest absolute Gasteiger partial charge is 0.257 e. The van der Waals surface area contributed by atoms with E-state index in [1.165, 1.54) is 11.5 Å². The number of hydrogen-bond donors (Lipinski definition) is 2. The molecule has 1 amide bonds. The van der Waals surface area contributed by atoms with Gasteiger partial charge in [-0.15, -0.1) is 0 Å². The van der Waals surface area contributed by atoms with Crippen molar-refractivity contribution in [2.24, 2.45) is 5.92 Å². The summed E-state index contributed by atoms with van der Waals surface area (Å²) in [6.45, 7) is 5.36. The van der Waals surface area contributed by atoms with Gasteiger partial charge in [0, 0.05) is 19.6 Å². The Hall–Kier alpha value is -1.30. The molecule has 0 aliphatic carbocycles. The van der Waals surface area contributed by atoms with Gasteiger partial charge in [0.25, 0.3) is 5.91 Å². The Morgan fingerprint density at radius 3 is 2.82 bits per heavy atom. The average molecular weight is 254 g/mol. The number of nitrogens with zero attached hydrogens (tertiary/aromatic N) is 2. The van der Waals surface area contributed by atoms with Gasteiger partial charge in [-0.2, -0.15) is 4.37 Å². The third kappa shape index (κ3) is 2.09. The predicted octanol–water partition coefficient (Wildman–Crippen LogP) is 1.32. The number of aromatic nitrogens is 1. The number of amides is 1. The fourth-order valence-electron chi connectivity index (χ4n) is 2.41. The van der Waals surface area contributed by atoms with Crippen molar-refractivity contribution in [2.75, 3.05) is 24.2 Å². The second-order valence-electron chi connectivity index (χ2n) is 4.67. The maximum Gasteiger partial charge on any atom is 0.257 e. The maximum absolute atomic E-state index is 11.8. The fourth-order valence-corrected chi connectivity index (χ4v) is 3.33. The number of carbonyl (C=O) groups excluding carboxylic acids is 1. The van der Waals surface area contributed by atoms with E-state index in [1.807, 2.05) is 0 Å². The lowest BCUT2D eigenvalue weighted by Crippen LogP contribution is -2.29. The standard InChI is InChI=1S/C11H18N4OS/c1-6-4-7(2)15(5-6)11-8(10(16)13-3)9(12)14-17-11/h6-7H,4-5H2,1-3H3,(H2,12,14)(H,13,16). The summed E-state index contributed by atoms with van der Waals surface area (Å²) in [5.74, 6) is 0.819. The molecular formula is C11H18N4OS. The number of rotatable bonds is 2. The van der Waals surface area contributed by atoms with Crippen LogP contribution in [0.5, 0.6) is 0 Å². The van der Waals surface area contributed by atoms with Gasteiger partial charge < -0.3 is 16.0 Å². The topological polar surface area (TPSA) is 71.2 Å². The van der Waals surface area contributed by atoms with Crippen LogP contribution in [0.3, 0.4) is 0 Å². The van der Waals surface area contributed by atoms with Crippen LogP contribution in [0.4, 0.5) is 10.8 Å². The van der Waals surface area contributed by atoms with Gasteiger partial charge in [0.05, 0.1) is 0 Å². The Balaban J connectivity index is 2.36. The van der Waals surface area contributed by atoms with E-state index in [-0.39, 0.29) is 5.91 Å². The molecule has 0 bridgehead atoms. The van der Waals surface area contributed by atoms with Crippen LogP contribution in [0.25, 0.3) is 0 Å². The first-order chi connectivity index (χ1) is 8.04. The molecule has 1 aromatic rings. The first-order valence-electron chi connectivity index (χ1n) is 5.78. The molecule has 2 heterocycles. The lowest BCUT2D eigenvalue weighted by Gasteiger charge is -2.22. The van der Waals surface area contributed by atoms with Gasteiger partial charge in [-0.25, -0.2) is 0 Å². The number of nitrogen functional groups attached to an aromatic ring is 1. The Bertz CT molecular complexity index is 431. The van der Waals surface area contributed by atoms with Crippen LogP contribution in [0.1, 0.15) is 30.6 Å². The molecular weight excluding hydrogens is 236 g/mol. The van der Waals surface area contributed by atoms with E-state index >= 15 is 0 Å². The van der Waals surface area contributed by atoms with Gasteiger partial charge in [0.15, 0.2) is 5.82 Å². The van der Waals surface area contributed by atoms with Crippen LogP contribution >= 0.6 is 11.5 Å². The Labute approximate surface area is 105 Å². The molecule has 1 fully saturated rings. The molecule has 1 aromatic heterocycles. The van der Waals surface area contributed by atoms with Crippen LogP contribution in [0, 0.1) is 5.92 Å². The highest BCUT2D eigenvalue weighted by molar-refractivity contribution is 7.11. The molecule has 0 saturated carbocycles.